The molecule has 0 atom stereocenters. The molecular formula is C22H16Cl2N2O3. The molecule has 0 aliphatic carbocycles. The Kier molecular flexibility index (Phi) is 7.00. The summed E-state index contributed by atoms with van der Waals surface area (Å²) in [6.07, 6.45) is 1.75. The minimum absolute atomic E-state index is 0.210. The minimum Gasteiger partial charge on any atom is -0.423 e. The van der Waals surface area contributed by atoms with E-state index in [1.807, 2.05) is 30.3 Å². The Bertz CT molecular complexity index is 1040. The molecule has 29 heavy (non-hydrogen) atoms. The normalized spacial score (nSPS) is 10.7. The van der Waals surface area contributed by atoms with Crippen LogP contribution in [-0.2, 0) is 11.2 Å². The molecule has 0 heterocycles. The Balaban J connectivity index is 1.53. The highest BCUT2D eigenvalue weighted by Gasteiger charge is 2.13. The Morgan fingerprint density at radius 3 is 2.38 bits per heavy atom. The molecule has 3 rings (SSSR count). The molecule has 0 saturated carbocycles. The van der Waals surface area contributed by atoms with Crippen LogP contribution in [0.2, 0.25) is 10.0 Å². The number of ether oxygens (including phenoxy) is 1. The second-order valence-electron chi connectivity index (χ2n) is 6.04. The first-order valence-corrected chi connectivity index (χ1v) is 9.40. The van der Waals surface area contributed by atoms with Crippen molar-refractivity contribution in [2.45, 2.75) is 6.42 Å². The summed E-state index contributed by atoms with van der Waals surface area (Å²) in [5.74, 6) is -0.439. The van der Waals surface area contributed by atoms with Crippen molar-refractivity contribution in [3.63, 3.8) is 0 Å². The van der Waals surface area contributed by atoms with Crippen molar-refractivity contribution in [1.82, 2.24) is 5.43 Å². The third kappa shape index (κ3) is 6.17. The number of nitrogens with one attached hydrogen (secondary N) is 1. The number of esters is 1. The molecule has 0 radical (unpaired) electrons. The van der Waals surface area contributed by atoms with Gasteiger partial charge in [-0.2, -0.15) is 5.10 Å². The molecule has 0 fully saturated rings. The van der Waals surface area contributed by atoms with Gasteiger partial charge in [0, 0.05) is 5.02 Å². The summed E-state index contributed by atoms with van der Waals surface area (Å²) in [6, 6.07) is 20.6. The van der Waals surface area contributed by atoms with E-state index in [1.54, 1.807) is 30.3 Å². The minimum atomic E-state index is -0.582. The maximum Gasteiger partial charge on any atom is 0.345 e. The lowest BCUT2D eigenvalue weighted by Gasteiger charge is -2.06. The van der Waals surface area contributed by atoms with Crippen LogP contribution < -0.4 is 10.2 Å². The van der Waals surface area contributed by atoms with E-state index in [1.165, 1.54) is 18.3 Å². The van der Waals surface area contributed by atoms with Gasteiger partial charge < -0.3 is 4.74 Å². The molecule has 0 aliphatic rings. The molecule has 1 N–H and O–H groups in total. The van der Waals surface area contributed by atoms with Gasteiger partial charge in [-0.05, 0) is 53.6 Å². The number of nitrogens with zero attached hydrogens (tertiary/aromatic N) is 1. The summed E-state index contributed by atoms with van der Waals surface area (Å²) in [6.45, 7) is 0. The van der Waals surface area contributed by atoms with E-state index in [-0.39, 0.29) is 22.9 Å². The van der Waals surface area contributed by atoms with E-state index in [2.05, 4.69) is 10.5 Å². The third-order valence-corrected chi connectivity index (χ3v) is 4.40. The highest BCUT2D eigenvalue weighted by molar-refractivity contribution is 6.36. The number of rotatable bonds is 6. The smallest absolute Gasteiger partial charge is 0.345 e. The quantitative estimate of drug-likeness (QED) is 0.263. The summed E-state index contributed by atoms with van der Waals surface area (Å²) < 4.78 is 5.30. The van der Waals surface area contributed by atoms with Gasteiger partial charge in [0.25, 0.3) is 0 Å². The molecule has 1 amide bonds. The first-order valence-electron chi connectivity index (χ1n) is 8.64. The molecule has 0 bridgehead atoms. The van der Waals surface area contributed by atoms with Gasteiger partial charge in [-0.15, -0.1) is 0 Å². The first kappa shape index (κ1) is 20.6. The van der Waals surface area contributed by atoms with E-state index in [0.29, 0.717) is 10.8 Å². The monoisotopic (exact) mass is 426 g/mol. The van der Waals surface area contributed by atoms with Crippen LogP contribution in [0.1, 0.15) is 21.5 Å². The van der Waals surface area contributed by atoms with Crippen molar-refractivity contribution in [2.24, 2.45) is 5.10 Å². The Morgan fingerprint density at radius 1 is 0.966 bits per heavy atom. The molecule has 3 aromatic carbocycles. The van der Waals surface area contributed by atoms with Crippen LogP contribution in [0.15, 0.2) is 77.9 Å². The fraction of sp³-hybridized carbons (Fsp3) is 0.0455. The zero-order valence-corrected chi connectivity index (χ0v) is 16.7. The molecule has 7 heteroatoms. The number of halogens is 2. The van der Waals surface area contributed by atoms with Crippen molar-refractivity contribution < 1.29 is 14.3 Å². The van der Waals surface area contributed by atoms with Crippen LogP contribution in [0.4, 0.5) is 0 Å². The number of carbonyl (C=O) groups excluding carboxylic acids is 2. The number of hydrogen-bond acceptors (Lipinski definition) is 4. The lowest BCUT2D eigenvalue weighted by molar-refractivity contribution is -0.120. The van der Waals surface area contributed by atoms with Crippen molar-refractivity contribution >= 4 is 41.3 Å². The van der Waals surface area contributed by atoms with Crippen LogP contribution in [0, 0.1) is 0 Å². The second kappa shape index (κ2) is 9.87. The lowest BCUT2D eigenvalue weighted by atomic mass is 10.1. The van der Waals surface area contributed by atoms with Gasteiger partial charge in [0.2, 0.25) is 5.91 Å². The maximum atomic E-state index is 12.2. The number of hydrogen-bond donors (Lipinski definition) is 1. The summed E-state index contributed by atoms with van der Waals surface area (Å²) in [5.41, 5.74) is 4.34. The van der Waals surface area contributed by atoms with Gasteiger partial charge in [0.05, 0.1) is 23.2 Å². The molecule has 0 saturated heterocycles. The number of hydrazone groups is 1. The van der Waals surface area contributed by atoms with Crippen LogP contribution in [0.3, 0.4) is 0 Å². The van der Waals surface area contributed by atoms with E-state index in [0.717, 1.165) is 11.1 Å². The van der Waals surface area contributed by atoms with E-state index < -0.39 is 5.97 Å². The maximum absolute atomic E-state index is 12.2. The Morgan fingerprint density at radius 2 is 1.69 bits per heavy atom. The van der Waals surface area contributed by atoms with Crippen LogP contribution in [-0.4, -0.2) is 18.1 Å². The highest BCUT2D eigenvalue weighted by Crippen LogP contribution is 2.22. The molecule has 3 aromatic rings. The van der Waals surface area contributed by atoms with Crippen LogP contribution in [0.25, 0.3) is 0 Å². The standard InChI is InChI=1S/C22H16Cl2N2O3/c23-17-8-11-19(20(24)13-17)22(28)29-18-9-6-16(7-10-18)14-25-26-21(27)12-15-4-2-1-3-5-15/h1-11,13-14H,12H2,(H,26,27)/b25-14+. The molecule has 0 aliphatic heterocycles. The predicted molar refractivity (Wildman–Crippen MR) is 114 cm³/mol. The Hall–Kier alpha value is -3.15. The number of amides is 1. The van der Waals surface area contributed by atoms with Gasteiger partial charge in [0.15, 0.2) is 0 Å². The van der Waals surface area contributed by atoms with E-state index >= 15 is 0 Å². The summed E-state index contributed by atoms with van der Waals surface area (Å²) in [7, 11) is 0. The summed E-state index contributed by atoms with van der Waals surface area (Å²) in [5, 5.41) is 4.59. The van der Waals surface area contributed by atoms with Gasteiger partial charge in [-0.25, -0.2) is 10.2 Å². The molecule has 146 valence electrons. The second-order valence-corrected chi connectivity index (χ2v) is 6.88. The molecule has 0 spiro atoms. The first-order chi connectivity index (χ1) is 14.0. The van der Waals surface area contributed by atoms with Gasteiger partial charge >= 0.3 is 5.97 Å². The Labute approximate surface area is 177 Å². The lowest BCUT2D eigenvalue weighted by Crippen LogP contribution is -2.19. The third-order valence-electron chi connectivity index (χ3n) is 3.85. The van der Waals surface area contributed by atoms with Crippen molar-refractivity contribution in [1.29, 1.82) is 0 Å². The average Bonchev–Trinajstić information content (AvgIpc) is 2.70. The van der Waals surface area contributed by atoms with Crippen LogP contribution in [0.5, 0.6) is 5.75 Å². The van der Waals surface area contributed by atoms with Gasteiger partial charge in [-0.3, -0.25) is 4.79 Å². The zero-order chi connectivity index (χ0) is 20.6. The number of carbonyl (C=O) groups is 2. The fourth-order valence-corrected chi connectivity index (χ4v) is 2.92. The average molecular weight is 427 g/mol. The van der Waals surface area contributed by atoms with Gasteiger partial charge in [0.1, 0.15) is 5.75 Å². The van der Waals surface area contributed by atoms with Crippen molar-refractivity contribution in [3.8, 4) is 5.75 Å². The summed E-state index contributed by atoms with van der Waals surface area (Å²) in [4.78, 5) is 24.1. The molecular weight excluding hydrogens is 411 g/mol. The zero-order valence-electron chi connectivity index (χ0n) is 15.1. The molecule has 5 nitrogen and oxygen atoms in total. The van der Waals surface area contributed by atoms with E-state index in [4.69, 9.17) is 27.9 Å². The molecule has 0 aromatic heterocycles. The van der Waals surface area contributed by atoms with Crippen LogP contribution >= 0.6 is 23.2 Å². The number of benzene rings is 3. The highest BCUT2D eigenvalue weighted by atomic mass is 35.5. The largest absolute Gasteiger partial charge is 0.423 e. The topological polar surface area (TPSA) is 67.8 Å². The van der Waals surface area contributed by atoms with Crippen molar-refractivity contribution in [2.75, 3.05) is 0 Å². The predicted octanol–water partition coefficient (Wildman–Crippen LogP) is 4.91. The summed E-state index contributed by atoms with van der Waals surface area (Å²) >= 11 is 11.8. The van der Waals surface area contributed by atoms with Crippen molar-refractivity contribution in [3.05, 3.63) is 99.5 Å². The SMILES string of the molecule is O=C(Cc1ccccc1)N/N=C/c1ccc(OC(=O)c2ccc(Cl)cc2Cl)cc1. The fourth-order valence-electron chi connectivity index (χ4n) is 2.44. The molecule has 0 unspecified atom stereocenters. The van der Waals surface area contributed by atoms with E-state index in [9.17, 15) is 9.59 Å². The van der Waals surface area contributed by atoms with Gasteiger partial charge in [-0.1, -0.05) is 53.5 Å².